The van der Waals surface area contributed by atoms with E-state index >= 15 is 0 Å². The Morgan fingerprint density at radius 3 is 2.37 bits per heavy atom. The fourth-order valence-corrected chi connectivity index (χ4v) is 3.78. The molecular weight excluding hydrogens is 486 g/mol. The number of anilines is 1. The summed E-state index contributed by atoms with van der Waals surface area (Å²) in [6.45, 7) is 1.80. The molecule has 1 atom stereocenters. The van der Waals surface area contributed by atoms with Gasteiger partial charge in [-0.15, -0.1) is 0 Å². The van der Waals surface area contributed by atoms with Crippen LogP contribution < -0.4 is 10.6 Å². The summed E-state index contributed by atoms with van der Waals surface area (Å²) in [5.41, 5.74) is -1.65. The van der Waals surface area contributed by atoms with Gasteiger partial charge in [-0.1, -0.05) is 34.8 Å². The number of nitrogens with one attached hydrogen (secondary N) is 2. The second-order valence-corrected chi connectivity index (χ2v) is 8.31. The molecule has 162 valence electrons. The van der Waals surface area contributed by atoms with Gasteiger partial charge < -0.3 is 10.6 Å². The van der Waals surface area contributed by atoms with Gasteiger partial charge in [-0.05, 0) is 31.4 Å². The first-order valence-corrected chi connectivity index (χ1v) is 10.8. The van der Waals surface area contributed by atoms with E-state index in [-0.39, 0.29) is 27.3 Å². The van der Waals surface area contributed by atoms with Gasteiger partial charge in [0.05, 0.1) is 26.9 Å². The van der Waals surface area contributed by atoms with Crippen molar-refractivity contribution in [1.29, 1.82) is 0 Å². The molecule has 0 aliphatic heterocycles. The van der Waals surface area contributed by atoms with Gasteiger partial charge in [0.25, 0.3) is 11.8 Å². The predicted molar refractivity (Wildman–Crippen MR) is 114 cm³/mol. The van der Waals surface area contributed by atoms with Crippen molar-refractivity contribution in [1.82, 2.24) is 10.3 Å². The molecule has 0 fully saturated rings. The molecule has 1 aromatic carbocycles. The number of nitrogens with zero attached hydrogens (tertiary/aromatic N) is 1. The lowest BCUT2D eigenvalue weighted by atomic mass is 10.1. The van der Waals surface area contributed by atoms with Crippen LogP contribution in [0.3, 0.4) is 0 Å². The normalized spacial score (nSPS) is 12.4. The molecule has 2 N–H and O–H groups in total. The third kappa shape index (κ3) is 6.16. The van der Waals surface area contributed by atoms with Gasteiger partial charge in [0, 0.05) is 23.0 Å². The van der Waals surface area contributed by atoms with Gasteiger partial charge in [0.1, 0.15) is 5.69 Å². The lowest BCUT2D eigenvalue weighted by Crippen LogP contribution is -2.35. The Kier molecular flexibility index (Phi) is 8.27. The highest BCUT2D eigenvalue weighted by molar-refractivity contribution is 7.98. The summed E-state index contributed by atoms with van der Waals surface area (Å²) in [6, 6.07) is 3.03. The summed E-state index contributed by atoms with van der Waals surface area (Å²) in [7, 11) is 0. The molecule has 1 heterocycles. The van der Waals surface area contributed by atoms with Crippen LogP contribution in [0.25, 0.3) is 0 Å². The zero-order chi connectivity index (χ0) is 22.6. The third-order valence-corrected chi connectivity index (χ3v) is 5.35. The first-order valence-electron chi connectivity index (χ1n) is 8.27. The molecule has 2 aromatic rings. The lowest BCUT2D eigenvalue weighted by molar-refractivity contribution is -0.137. The zero-order valence-electron chi connectivity index (χ0n) is 15.5. The van der Waals surface area contributed by atoms with Crippen molar-refractivity contribution in [2.45, 2.75) is 19.1 Å². The summed E-state index contributed by atoms with van der Waals surface area (Å²) in [4.78, 5) is 28.7. The Hall–Kier alpha value is -1.68. The maximum absolute atomic E-state index is 12.8. The summed E-state index contributed by atoms with van der Waals surface area (Å²) < 4.78 is 38.3. The van der Waals surface area contributed by atoms with Gasteiger partial charge in [-0.25, -0.2) is 4.98 Å². The van der Waals surface area contributed by atoms with Crippen LogP contribution in [0, 0.1) is 0 Å². The van der Waals surface area contributed by atoms with E-state index < -0.39 is 34.3 Å². The summed E-state index contributed by atoms with van der Waals surface area (Å²) >= 11 is 19.5. The van der Waals surface area contributed by atoms with E-state index in [1.54, 1.807) is 6.92 Å². The van der Waals surface area contributed by atoms with Gasteiger partial charge in [0.2, 0.25) is 0 Å². The highest BCUT2D eigenvalue weighted by atomic mass is 35.5. The molecular formula is C18H15Cl3F3N3O2S. The lowest BCUT2D eigenvalue weighted by Gasteiger charge is -2.17. The average Bonchev–Trinajstić information content (AvgIpc) is 2.62. The zero-order valence-corrected chi connectivity index (χ0v) is 18.6. The van der Waals surface area contributed by atoms with Crippen molar-refractivity contribution >= 4 is 64.1 Å². The second kappa shape index (κ2) is 10.1. The molecule has 0 aliphatic rings. The van der Waals surface area contributed by atoms with Crippen molar-refractivity contribution in [3.05, 3.63) is 56.3 Å². The quantitative estimate of drug-likeness (QED) is 0.526. The minimum atomic E-state index is -4.66. The Bertz CT molecular complexity index is 974. The Balaban J connectivity index is 2.36. The predicted octanol–water partition coefficient (Wildman–Crippen LogP) is 5.79. The smallest absolute Gasteiger partial charge is 0.349 e. The van der Waals surface area contributed by atoms with E-state index in [2.05, 4.69) is 15.6 Å². The van der Waals surface area contributed by atoms with Crippen molar-refractivity contribution in [2.75, 3.05) is 17.3 Å². The van der Waals surface area contributed by atoms with E-state index in [0.29, 0.717) is 18.0 Å². The number of amides is 2. The second-order valence-electron chi connectivity index (χ2n) is 6.15. The summed E-state index contributed by atoms with van der Waals surface area (Å²) in [6.07, 6.45) is -2.29. The monoisotopic (exact) mass is 499 g/mol. The van der Waals surface area contributed by atoms with Gasteiger partial charge in [-0.2, -0.15) is 24.9 Å². The summed E-state index contributed by atoms with van der Waals surface area (Å²) in [5, 5.41) is 4.74. The molecule has 2 amide bonds. The number of hydrogen-bond donors (Lipinski definition) is 2. The molecule has 5 nitrogen and oxygen atoms in total. The number of rotatable bonds is 6. The Labute approximate surface area is 189 Å². The minimum absolute atomic E-state index is 0.0168. The number of benzene rings is 1. The van der Waals surface area contributed by atoms with Crippen LogP contribution in [0.15, 0.2) is 24.4 Å². The number of thioether (sulfide) groups is 1. The molecule has 30 heavy (non-hydrogen) atoms. The number of hydrogen-bond acceptors (Lipinski definition) is 4. The maximum Gasteiger partial charge on any atom is 0.417 e. The SMILES string of the molecule is CSC[C@H](C)NC(=O)c1cc(Cl)cc(Cl)c1NC(=O)c1ncc(C(F)(F)F)cc1Cl. The van der Waals surface area contributed by atoms with Crippen molar-refractivity contribution in [3.8, 4) is 0 Å². The fourth-order valence-electron chi connectivity index (χ4n) is 2.41. The van der Waals surface area contributed by atoms with E-state index in [1.165, 1.54) is 23.9 Å². The molecule has 0 saturated carbocycles. The first kappa shape index (κ1) is 24.6. The van der Waals surface area contributed by atoms with Gasteiger partial charge >= 0.3 is 6.18 Å². The Morgan fingerprint density at radius 2 is 1.80 bits per heavy atom. The first-order chi connectivity index (χ1) is 13.9. The molecule has 0 radical (unpaired) electrons. The standard InChI is InChI=1S/C18H15Cl3F3N3O2S/c1-8(7-30-2)26-16(28)11-4-10(19)5-13(21)14(11)27-17(29)15-12(20)3-9(6-25-15)18(22,23)24/h3-6,8H,7H2,1-2H3,(H,26,28)(H,27,29)/t8-/m0/s1. The number of carbonyl (C=O) groups is 2. The van der Waals surface area contributed by atoms with Gasteiger partial charge in [0.15, 0.2) is 0 Å². The highest BCUT2D eigenvalue weighted by Crippen LogP contribution is 2.33. The molecule has 12 heteroatoms. The van der Waals surface area contributed by atoms with E-state index in [9.17, 15) is 22.8 Å². The van der Waals surface area contributed by atoms with Crippen molar-refractivity contribution < 1.29 is 22.8 Å². The van der Waals surface area contributed by atoms with Crippen LogP contribution >= 0.6 is 46.6 Å². The van der Waals surface area contributed by atoms with Crippen LogP contribution in [-0.4, -0.2) is 34.8 Å². The number of alkyl halides is 3. The molecule has 2 rings (SSSR count). The highest BCUT2D eigenvalue weighted by Gasteiger charge is 2.32. The number of aromatic nitrogens is 1. The Morgan fingerprint density at radius 1 is 1.13 bits per heavy atom. The van der Waals surface area contributed by atoms with Gasteiger partial charge in [-0.3, -0.25) is 9.59 Å². The number of carbonyl (C=O) groups excluding carboxylic acids is 2. The van der Waals surface area contributed by atoms with E-state index in [1.807, 2.05) is 6.26 Å². The largest absolute Gasteiger partial charge is 0.417 e. The third-order valence-electron chi connectivity index (χ3n) is 3.72. The molecule has 0 aliphatic carbocycles. The van der Waals surface area contributed by atoms with E-state index in [4.69, 9.17) is 34.8 Å². The molecule has 0 bridgehead atoms. The van der Waals surface area contributed by atoms with Crippen LogP contribution in [0.4, 0.5) is 18.9 Å². The van der Waals surface area contributed by atoms with Crippen LogP contribution in [-0.2, 0) is 6.18 Å². The topological polar surface area (TPSA) is 71.1 Å². The van der Waals surface area contributed by atoms with Crippen LogP contribution in [0.2, 0.25) is 15.1 Å². The maximum atomic E-state index is 12.8. The number of pyridine rings is 1. The van der Waals surface area contributed by atoms with Crippen LogP contribution in [0.5, 0.6) is 0 Å². The minimum Gasteiger partial charge on any atom is -0.349 e. The molecule has 1 aromatic heterocycles. The van der Waals surface area contributed by atoms with Crippen LogP contribution in [0.1, 0.15) is 33.3 Å². The molecule has 0 saturated heterocycles. The van der Waals surface area contributed by atoms with Crippen molar-refractivity contribution in [2.24, 2.45) is 0 Å². The number of halogens is 6. The average molecular weight is 501 g/mol. The van der Waals surface area contributed by atoms with E-state index in [0.717, 1.165) is 0 Å². The molecule has 0 spiro atoms. The fraction of sp³-hybridized carbons (Fsp3) is 0.278. The van der Waals surface area contributed by atoms with Crippen molar-refractivity contribution in [3.63, 3.8) is 0 Å². The molecule has 0 unspecified atom stereocenters. The summed E-state index contributed by atoms with van der Waals surface area (Å²) in [5.74, 6) is -0.834.